The maximum absolute atomic E-state index is 6.10. The molecule has 0 spiro atoms. The van der Waals surface area contributed by atoms with Crippen molar-refractivity contribution in [1.29, 1.82) is 0 Å². The molecule has 0 aliphatic heterocycles. The van der Waals surface area contributed by atoms with Gasteiger partial charge < -0.3 is 9.84 Å². The van der Waals surface area contributed by atoms with Gasteiger partial charge in [-0.3, -0.25) is 0 Å². The summed E-state index contributed by atoms with van der Waals surface area (Å²) in [5, 5.41) is 7.93. The highest BCUT2D eigenvalue weighted by Crippen LogP contribution is 2.28. The molecule has 0 saturated carbocycles. The largest absolute Gasteiger partial charge is 0.339 e. The van der Waals surface area contributed by atoms with Gasteiger partial charge in [-0.15, -0.1) is 11.8 Å². The lowest BCUT2D eigenvalue weighted by atomic mass is 10.2. The van der Waals surface area contributed by atoms with E-state index in [0.29, 0.717) is 23.5 Å². The fraction of sp³-hybridized carbons (Fsp3) is 0.429. The van der Waals surface area contributed by atoms with Crippen LogP contribution in [0.2, 0.25) is 5.02 Å². The molecule has 1 atom stereocenters. The molecular weight excluding hydrogens is 294 g/mol. The molecule has 0 radical (unpaired) electrons. The Hall–Kier alpha value is -1.04. The number of aromatic nitrogens is 2. The molecule has 0 fully saturated rings. The number of aryl methyl sites for hydroxylation is 1. The first-order valence-corrected chi connectivity index (χ1v) is 7.91. The molecule has 108 valence electrons. The number of benzene rings is 1. The van der Waals surface area contributed by atoms with Gasteiger partial charge in [-0.05, 0) is 32.5 Å². The molecule has 1 heterocycles. The lowest BCUT2D eigenvalue weighted by Crippen LogP contribution is -2.21. The van der Waals surface area contributed by atoms with Crippen LogP contribution in [0.1, 0.15) is 25.1 Å². The van der Waals surface area contributed by atoms with Crippen LogP contribution in [0.5, 0.6) is 0 Å². The van der Waals surface area contributed by atoms with Crippen LogP contribution in [0.3, 0.4) is 0 Å². The van der Waals surface area contributed by atoms with Crippen LogP contribution in [0, 0.1) is 0 Å². The second-order valence-corrected chi connectivity index (χ2v) is 5.98. The van der Waals surface area contributed by atoms with Crippen LogP contribution in [-0.2, 0) is 12.2 Å². The summed E-state index contributed by atoms with van der Waals surface area (Å²) >= 11 is 7.72. The van der Waals surface area contributed by atoms with Gasteiger partial charge >= 0.3 is 0 Å². The van der Waals surface area contributed by atoms with Gasteiger partial charge in [-0.1, -0.05) is 28.9 Å². The zero-order chi connectivity index (χ0) is 14.4. The van der Waals surface area contributed by atoms with Crippen LogP contribution in [0.25, 0.3) is 0 Å². The molecule has 1 aromatic heterocycles. The summed E-state index contributed by atoms with van der Waals surface area (Å²) in [4.78, 5) is 5.42. The average molecular weight is 312 g/mol. The first-order valence-electron chi connectivity index (χ1n) is 6.55. The molecule has 2 rings (SSSR count). The standard InChI is InChI=1S/C14H18ClN3OS/c1-10(16-2)7-8-14-17-13(18-19-14)9-20-12-6-4-3-5-11(12)15/h3-6,10,16H,7-9H2,1-2H3. The summed E-state index contributed by atoms with van der Waals surface area (Å²) in [6.07, 6.45) is 1.78. The number of nitrogens with zero attached hydrogens (tertiary/aromatic N) is 2. The summed E-state index contributed by atoms with van der Waals surface area (Å²) < 4.78 is 5.24. The molecule has 2 aromatic rings. The van der Waals surface area contributed by atoms with Crippen molar-refractivity contribution in [3.63, 3.8) is 0 Å². The summed E-state index contributed by atoms with van der Waals surface area (Å²) in [5.41, 5.74) is 0. The van der Waals surface area contributed by atoms with Gasteiger partial charge in [0.25, 0.3) is 0 Å². The number of hydrogen-bond donors (Lipinski definition) is 1. The van der Waals surface area contributed by atoms with Gasteiger partial charge in [-0.2, -0.15) is 4.98 Å². The highest BCUT2D eigenvalue weighted by molar-refractivity contribution is 7.98. The number of rotatable bonds is 7. The highest BCUT2D eigenvalue weighted by Gasteiger charge is 2.09. The van der Waals surface area contributed by atoms with Gasteiger partial charge in [0.15, 0.2) is 5.82 Å². The monoisotopic (exact) mass is 311 g/mol. The number of nitrogens with one attached hydrogen (secondary N) is 1. The number of halogens is 1. The molecule has 0 aliphatic carbocycles. The van der Waals surface area contributed by atoms with Crippen molar-refractivity contribution in [3.05, 3.63) is 41.0 Å². The van der Waals surface area contributed by atoms with Crippen LogP contribution < -0.4 is 5.32 Å². The third kappa shape index (κ3) is 4.51. The van der Waals surface area contributed by atoms with Crippen molar-refractivity contribution < 1.29 is 4.52 Å². The quantitative estimate of drug-likeness (QED) is 0.792. The molecule has 4 nitrogen and oxygen atoms in total. The molecular formula is C14H18ClN3OS. The van der Waals surface area contributed by atoms with E-state index in [0.717, 1.165) is 22.8 Å². The fourth-order valence-electron chi connectivity index (χ4n) is 1.64. The minimum absolute atomic E-state index is 0.447. The Labute approximate surface area is 128 Å². The summed E-state index contributed by atoms with van der Waals surface area (Å²) in [7, 11) is 1.95. The Kier molecular flexibility index (Phi) is 5.88. The lowest BCUT2D eigenvalue weighted by molar-refractivity contribution is 0.365. The average Bonchev–Trinajstić information content (AvgIpc) is 2.92. The van der Waals surface area contributed by atoms with E-state index in [1.54, 1.807) is 11.8 Å². The highest BCUT2D eigenvalue weighted by atomic mass is 35.5. The first kappa shape index (κ1) is 15.4. The summed E-state index contributed by atoms with van der Waals surface area (Å²) in [5.74, 6) is 2.07. The molecule has 20 heavy (non-hydrogen) atoms. The van der Waals surface area contributed by atoms with Gasteiger partial charge in [0.1, 0.15) is 0 Å². The zero-order valence-electron chi connectivity index (χ0n) is 11.6. The van der Waals surface area contributed by atoms with Gasteiger partial charge in [0, 0.05) is 17.4 Å². The second kappa shape index (κ2) is 7.67. The maximum Gasteiger partial charge on any atom is 0.226 e. The molecule has 0 bridgehead atoms. The van der Waals surface area contributed by atoms with Crippen molar-refractivity contribution in [1.82, 2.24) is 15.5 Å². The number of thioether (sulfide) groups is 1. The molecule has 0 saturated heterocycles. The molecule has 6 heteroatoms. The Morgan fingerprint density at radius 3 is 2.95 bits per heavy atom. The van der Waals surface area contributed by atoms with Crippen molar-refractivity contribution in [3.8, 4) is 0 Å². The Balaban J connectivity index is 1.85. The van der Waals surface area contributed by atoms with E-state index < -0.39 is 0 Å². The van der Waals surface area contributed by atoms with E-state index in [-0.39, 0.29) is 0 Å². The zero-order valence-corrected chi connectivity index (χ0v) is 13.2. The van der Waals surface area contributed by atoms with Gasteiger partial charge in [0.05, 0.1) is 10.8 Å². The summed E-state index contributed by atoms with van der Waals surface area (Å²) in [6.45, 7) is 2.13. The van der Waals surface area contributed by atoms with E-state index in [2.05, 4.69) is 22.4 Å². The molecule has 1 N–H and O–H groups in total. The minimum atomic E-state index is 0.447. The lowest BCUT2D eigenvalue weighted by Gasteiger charge is -2.06. The second-order valence-electron chi connectivity index (χ2n) is 4.55. The van der Waals surface area contributed by atoms with Crippen LogP contribution in [0.15, 0.2) is 33.7 Å². The van der Waals surface area contributed by atoms with E-state index in [1.165, 1.54) is 0 Å². The van der Waals surface area contributed by atoms with E-state index in [1.807, 2.05) is 31.3 Å². The molecule has 0 amide bonds. The summed E-state index contributed by atoms with van der Waals surface area (Å²) in [6, 6.07) is 8.20. The van der Waals surface area contributed by atoms with Crippen LogP contribution in [0.4, 0.5) is 0 Å². The third-order valence-electron chi connectivity index (χ3n) is 2.99. The Morgan fingerprint density at radius 2 is 2.20 bits per heavy atom. The predicted octanol–water partition coefficient (Wildman–Crippen LogP) is 3.56. The first-order chi connectivity index (χ1) is 9.69. The molecule has 0 aliphatic rings. The topological polar surface area (TPSA) is 51.0 Å². The van der Waals surface area contributed by atoms with E-state index >= 15 is 0 Å². The van der Waals surface area contributed by atoms with Gasteiger partial charge in [-0.25, -0.2) is 0 Å². The van der Waals surface area contributed by atoms with Crippen molar-refractivity contribution >= 4 is 23.4 Å². The molecule has 1 unspecified atom stereocenters. The van der Waals surface area contributed by atoms with E-state index in [4.69, 9.17) is 16.1 Å². The fourth-order valence-corrected chi connectivity index (χ4v) is 2.72. The number of hydrogen-bond acceptors (Lipinski definition) is 5. The Bertz CT molecular complexity index is 547. The third-order valence-corrected chi connectivity index (χ3v) is 4.50. The molecule has 1 aromatic carbocycles. The van der Waals surface area contributed by atoms with Crippen molar-refractivity contribution in [2.45, 2.75) is 36.5 Å². The normalized spacial score (nSPS) is 12.6. The van der Waals surface area contributed by atoms with Gasteiger partial charge in [0.2, 0.25) is 5.89 Å². The van der Waals surface area contributed by atoms with Crippen LogP contribution >= 0.6 is 23.4 Å². The Morgan fingerprint density at radius 1 is 1.40 bits per heavy atom. The van der Waals surface area contributed by atoms with E-state index in [9.17, 15) is 0 Å². The SMILES string of the molecule is CNC(C)CCc1nc(CSc2ccccc2Cl)no1. The predicted molar refractivity (Wildman–Crippen MR) is 82.2 cm³/mol. The van der Waals surface area contributed by atoms with Crippen molar-refractivity contribution in [2.75, 3.05) is 7.05 Å². The smallest absolute Gasteiger partial charge is 0.226 e. The van der Waals surface area contributed by atoms with Crippen molar-refractivity contribution in [2.24, 2.45) is 0 Å². The minimum Gasteiger partial charge on any atom is -0.339 e. The van der Waals surface area contributed by atoms with Crippen LogP contribution in [-0.4, -0.2) is 23.2 Å². The maximum atomic E-state index is 6.10.